The second kappa shape index (κ2) is 7.39. The van der Waals surface area contributed by atoms with Gasteiger partial charge in [0, 0.05) is 0 Å². The van der Waals surface area contributed by atoms with Crippen LogP contribution in [0.15, 0.2) is 0 Å². The van der Waals surface area contributed by atoms with Crippen LogP contribution in [0.3, 0.4) is 0 Å². The van der Waals surface area contributed by atoms with Crippen LogP contribution in [0.25, 0.3) is 0 Å². The Labute approximate surface area is 136 Å². The van der Waals surface area contributed by atoms with Crippen molar-refractivity contribution < 1.29 is 61.3 Å². The fourth-order valence-electron chi connectivity index (χ4n) is 1.74. The maximum atomic E-state index is 10.8. The van der Waals surface area contributed by atoms with Gasteiger partial charge in [0.05, 0.1) is 12.6 Å². The monoisotopic (exact) mass is 419 g/mol. The van der Waals surface area contributed by atoms with Gasteiger partial charge in [-0.1, -0.05) is 0 Å². The van der Waals surface area contributed by atoms with Gasteiger partial charge in [0.25, 0.3) is 0 Å². The number of rotatable bonds is 7. The first-order valence-electron chi connectivity index (χ1n) is 5.61. The lowest BCUT2D eigenvalue weighted by Gasteiger charge is -2.41. The summed E-state index contributed by atoms with van der Waals surface area (Å²) in [6.07, 6.45) is -8.31. The summed E-state index contributed by atoms with van der Waals surface area (Å²) >= 11 is 0. The lowest BCUT2D eigenvalue weighted by atomic mass is 9.98. The zero-order valence-corrected chi connectivity index (χ0v) is 13.7. The molecule has 6 N–H and O–H groups in total. The normalized spacial score (nSPS) is 32.6. The summed E-state index contributed by atoms with van der Waals surface area (Å²) in [4.78, 5) is 0. The Kier molecular flexibility index (Phi) is 6.63. The molecule has 15 nitrogen and oxygen atoms in total. The molecule has 0 spiro atoms. The minimum Gasteiger partial charge on any atom is -0.367 e. The Bertz CT molecular complexity index is 741. The molecule has 1 rings (SSSR count). The SMILES string of the molecule is NC1C(O)OC(COS(=O)(=O)O)C(OS(=O)(=O)O)C1OS(=O)(=O)O. The summed E-state index contributed by atoms with van der Waals surface area (Å²) < 4.78 is 107. The summed E-state index contributed by atoms with van der Waals surface area (Å²) in [5.41, 5.74) is 5.34. The van der Waals surface area contributed by atoms with Crippen LogP contribution in [0.4, 0.5) is 0 Å². The van der Waals surface area contributed by atoms with Crippen LogP contribution in [0, 0.1) is 0 Å². The van der Waals surface area contributed by atoms with Gasteiger partial charge in [-0.3, -0.25) is 13.7 Å². The average molecular weight is 419 g/mol. The Morgan fingerprint density at radius 3 is 1.75 bits per heavy atom. The van der Waals surface area contributed by atoms with Gasteiger partial charge >= 0.3 is 31.2 Å². The Balaban J connectivity index is 3.18. The van der Waals surface area contributed by atoms with Gasteiger partial charge in [-0.2, -0.15) is 25.3 Å². The Morgan fingerprint density at radius 2 is 1.33 bits per heavy atom. The first kappa shape index (κ1) is 21.5. The molecule has 1 aliphatic heterocycles. The minimum absolute atomic E-state index is 1.20. The standard InChI is InChI=1S/C6H13NO14S3/c7-3-5(21-24(15,16)17)4(20-23(12,13)14)2(19-6(3)8)1-18-22(9,10)11/h2-6,8H,1,7H2,(H,9,10,11)(H,12,13,14)(H,15,16,17). The molecule has 0 aromatic heterocycles. The second-order valence-corrected chi connectivity index (χ2v) is 7.52. The first-order chi connectivity index (χ1) is 10.6. The molecule has 1 fully saturated rings. The van der Waals surface area contributed by atoms with Crippen molar-refractivity contribution in [1.29, 1.82) is 0 Å². The predicted octanol–water partition coefficient (Wildman–Crippen LogP) is -3.77. The molecule has 18 heteroatoms. The van der Waals surface area contributed by atoms with Gasteiger partial charge < -0.3 is 15.6 Å². The molecule has 0 aliphatic carbocycles. The molecule has 1 saturated heterocycles. The number of hydrogen-bond donors (Lipinski definition) is 5. The molecule has 144 valence electrons. The van der Waals surface area contributed by atoms with Crippen molar-refractivity contribution in [1.82, 2.24) is 0 Å². The maximum absolute atomic E-state index is 10.8. The van der Waals surface area contributed by atoms with Crippen LogP contribution in [0.1, 0.15) is 0 Å². The van der Waals surface area contributed by atoms with Gasteiger partial charge in [0.15, 0.2) is 6.29 Å². The summed E-state index contributed by atoms with van der Waals surface area (Å²) in [5.74, 6) is 0. The van der Waals surface area contributed by atoms with E-state index in [-0.39, 0.29) is 0 Å². The van der Waals surface area contributed by atoms with Gasteiger partial charge in [-0.15, -0.1) is 0 Å². The molecular weight excluding hydrogens is 406 g/mol. The molecular formula is C6H13NO14S3. The van der Waals surface area contributed by atoms with E-state index >= 15 is 0 Å². The van der Waals surface area contributed by atoms with Crippen LogP contribution in [0.2, 0.25) is 0 Å². The molecule has 0 amide bonds. The minimum atomic E-state index is -5.28. The highest BCUT2D eigenvalue weighted by Gasteiger charge is 2.49. The molecule has 0 aromatic carbocycles. The lowest BCUT2D eigenvalue weighted by molar-refractivity contribution is -0.237. The van der Waals surface area contributed by atoms with Crippen LogP contribution >= 0.6 is 0 Å². The highest BCUT2D eigenvalue weighted by Crippen LogP contribution is 2.26. The van der Waals surface area contributed by atoms with Crippen molar-refractivity contribution in [3.63, 3.8) is 0 Å². The molecule has 1 aliphatic rings. The number of aliphatic hydroxyl groups is 1. The summed E-state index contributed by atoms with van der Waals surface area (Å²) in [6, 6.07) is -1.82. The third-order valence-corrected chi connectivity index (χ3v) is 3.92. The summed E-state index contributed by atoms with van der Waals surface area (Å²) in [7, 11) is -15.6. The van der Waals surface area contributed by atoms with Crippen LogP contribution in [-0.2, 0) is 48.5 Å². The zero-order valence-electron chi connectivity index (χ0n) is 11.3. The van der Waals surface area contributed by atoms with E-state index in [1.807, 2.05) is 0 Å². The average Bonchev–Trinajstić information content (AvgIpc) is 2.32. The van der Waals surface area contributed by atoms with E-state index in [0.29, 0.717) is 0 Å². The van der Waals surface area contributed by atoms with E-state index in [0.717, 1.165) is 0 Å². The molecule has 0 saturated carbocycles. The van der Waals surface area contributed by atoms with Gasteiger partial charge in [0.1, 0.15) is 18.3 Å². The molecule has 1 heterocycles. The van der Waals surface area contributed by atoms with Crippen LogP contribution in [-0.4, -0.2) is 81.3 Å². The van der Waals surface area contributed by atoms with Crippen LogP contribution in [0.5, 0.6) is 0 Å². The predicted molar refractivity (Wildman–Crippen MR) is 69.2 cm³/mol. The van der Waals surface area contributed by atoms with Gasteiger partial charge in [-0.25, -0.2) is 12.5 Å². The highest BCUT2D eigenvalue weighted by molar-refractivity contribution is 7.81. The number of hydrogen-bond acceptors (Lipinski definition) is 12. The van der Waals surface area contributed by atoms with E-state index in [1.54, 1.807) is 0 Å². The molecule has 24 heavy (non-hydrogen) atoms. The molecule has 0 bridgehead atoms. The van der Waals surface area contributed by atoms with Crippen LogP contribution < -0.4 is 5.73 Å². The quantitative estimate of drug-likeness (QED) is 0.248. The third-order valence-electron chi connectivity index (χ3n) is 2.56. The number of ether oxygens (including phenoxy) is 1. The van der Waals surface area contributed by atoms with E-state index < -0.39 is 68.4 Å². The second-order valence-electron chi connectivity index (χ2n) is 4.33. The lowest BCUT2D eigenvalue weighted by Crippen LogP contribution is -2.64. The molecule has 5 unspecified atom stereocenters. The van der Waals surface area contributed by atoms with Crippen molar-refractivity contribution >= 4 is 31.2 Å². The fourth-order valence-corrected chi connectivity index (χ4v) is 3.08. The van der Waals surface area contributed by atoms with E-state index in [2.05, 4.69) is 17.3 Å². The van der Waals surface area contributed by atoms with Crippen molar-refractivity contribution in [3.8, 4) is 0 Å². The Hall–Kier alpha value is -0.510. The summed E-state index contributed by atoms with van der Waals surface area (Å²) in [6.45, 7) is -1.20. The number of aliphatic hydroxyl groups excluding tert-OH is 1. The van der Waals surface area contributed by atoms with E-state index in [1.165, 1.54) is 0 Å². The Morgan fingerprint density at radius 1 is 0.875 bits per heavy atom. The van der Waals surface area contributed by atoms with Gasteiger partial charge in [0.2, 0.25) is 0 Å². The summed E-state index contributed by atoms with van der Waals surface area (Å²) in [5, 5.41) is 9.52. The smallest absolute Gasteiger partial charge is 0.367 e. The zero-order chi connectivity index (χ0) is 18.9. The maximum Gasteiger partial charge on any atom is 0.397 e. The largest absolute Gasteiger partial charge is 0.397 e. The van der Waals surface area contributed by atoms with Gasteiger partial charge in [-0.05, 0) is 0 Å². The van der Waals surface area contributed by atoms with Crippen molar-refractivity contribution in [2.24, 2.45) is 5.73 Å². The van der Waals surface area contributed by atoms with Crippen molar-refractivity contribution in [3.05, 3.63) is 0 Å². The van der Waals surface area contributed by atoms with Crippen molar-refractivity contribution in [2.45, 2.75) is 30.6 Å². The topological polar surface area (TPSA) is 246 Å². The number of nitrogens with two attached hydrogens (primary N) is 1. The third kappa shape index (κ3) is 7.16. The molecule has 5 atom stereocenters. The molecule has 0 aromatic rings. The highest BCUT2D eigenvalue weighted by atomic mass is 32.3. The molecule has 0 radical (unpaired) electrons. The van der Waals surface area contributed by atoms with E-state index in [9.17, 15) is 30.4 Å². The van der Waals surface area contributed by atoms with Crippen molar-refractivity contribution in [2.75, 3.05) is 6.61 Å². The first-order valence-corrected chi connectivity index (χ1v) is 9.71. The van der Waals surface area contributed by atoms with E-state index in [4.69, 9.17) is 19.4 Å². The fraction of sp³-hybridized carbons (Fsp3) is 1.00.